The van der Waals surface area contributed by atoms with Crippen LogP contribution in [-0.4, -0.2) is 4.40 Å². The molecule has 0 aliphatic carbocycles. The molecule has 0 radical (unpaired) electrons. The minimum atomic E-state index is -0.0767. The van der Waals surface area contributed by atoms with E-state index >= 15 is 0 Å². The second-order valence-electron chi connectivity index (χ2n) is 30.6. The first kappa shape index (κ1) is 56.5. The fraction of sp³-hybridized carbons (Fsp3) is 0.238. The smallest absolute Gasteiger partial charge is 0.137 e. The summed E-state index contributed by atoms with van der Waals surface area (Å²) in [4.78, 5) is 5.06. The number of fused-ring (bicyclic) bond motifs is 17. The van der Waals surface area contributed by atoms with Crippen molar-refractivity contribution in [2.75, 3.05) is 9.80 Å². The van der Waals surface area contributed by atoms with Gasteiger partial charge in [-0.3, -0.25) is 0 Å². The highest BCUT2D eigenvalue weighted by Gasteiger charge is 2.31. The van der Waals surface area contributed by atoms with E-state index in [0.717, 1.165) is 50.1 Å². The number of furan rings is 1. The highest BCUT2D eigenvalue weighted by atomic mass is 32.1. The molecule has 16 rings (SSSR count). The minimum absolute atomic E-state index is 0.000385. The summed E-state index contributed by atoms with van der Waals surface area (Å²) in [7, 11) is 0. The molecule has 11 aromatic carbocycles. The Morgan fingerprint density at radius 1 is 0.311 bits per heavy atom. The van der Waals surface area contributed by atoms with Crippen molar-refractivity contribution in [3.8, 4) is 0 Å². The summed E-state index contributed by atoms with van der Waals surface area (Å²) >= 11 is 3.86. The molecule has 0 amide bonds. The van der Waals surface area contributed by atoms with Gasteiger partial charge >= 0.3 is 0 Å². The van der Waals surface area contributed by atoms with Gasteiger partial charge in [-0.1, -0.05) is 213 Å². The molecule has 0 aliphatic rings. The zero-order chi connectivity index (χ0) is 62.5. The molecule has 0 atom stereocenters. The third kappa shape index (κ3) is 8.64. The zero-order valence-electron chi connectivity index (χ0n) is 54.5. The topological polar surface area (TPSA) is 24.0 Å². The number of rotatable bonds is 6. The van der Waals surface area contributed by atoms with Gasteiger partial charge < -0.3 is 18.6 Å². The lowest BCUT2D eigenvalue weighted by Crippen LogP contribution is -2.14. The van der Waals surface area contributed by atoms with Gasteiger partial charge in [0.25, 0.3) is 0 Å². The van der Waals surface area contributed by atoms with Crippen LogP contribution in [-0.2, 0) is 27.1 Å². The molecule has 90 heavy (non-hydrogen) atoms. The zero-order valence-corrected chi connectivity index (χ0v) is 56.2. The quantitative estimate of drug-likeness (QED) is 0.166. The Hall–Kier alpha value is -8.68. The monoisotopic (exact) mass is 1210 g/mol. The Balaban J connectivity index is 0.936. The Kier molecular flexibility index (Phi) is 12.2. The first-order valence-corrected chi connectivity index (χ1v) is 33.7. The third-order valence-electron chi connectivity index (χ3n) is 19.4. The first-order chi connectivity index (χ1) is 42.8. The van der Waals surface area contributed by atoms with Gasteiger partial charge in [0, 0.05) is 91.8 Å². The lowest BCUT2D eigenvalue weighted by molar-refractivity contribution is 0.590. The number of thiophene rings is 2. The molecular formula is C84H77N3OS2. The first-order valence-electron chi connectivity index (χ1n) is 32.1. The highest BCUT2D eigenvalue weighted by molar-refractivity contribution is 7.27. The van der Waals surface area contributed by atoms with E-state index in [-0.39, 0.29) is 27.1 Å². The van der Waals surface area contributed by atoms with Crippen molar-refractivity contribution in [3.63, 3.8) is 0 Å². The van der Waals surface area contributed by atoms with Gasteiger partial charge in [0.1, 0.15) is 11.2 Å². The van der Waals surface area contributed by atoms with Crippen LogP contribution in [0.1, 0.15) is 132 Å². The average Bonchev–Trinajstić information content (AvgIpc) is 1.52. The maximum atomic E-state index is 7.12. The molecule has 0 unspecified atom stereocenters. The van der Waals surface area contributed by atoms with Crippen LogP contribution in [0, 0.1) is 0 Å². The predicted octanol–water partition coefficient (Wildman–Crippen LogP) is 26.1. The number of anilines is 6. The lowest BCUT2D eigenvalue weighted by Gasteiger charge is -2.29. The van der Waals surface area contributed by atoms with Crippen LogP contribution >= 0.6 is 22.7 Å². The number of hydrogen-bond acceptors (Lipinski definition) is 5. The van der Waals surface area contributed by atoms with E-state index in [0.29, 0.717) is 0 Å². The van der Waals surface area contributed by atoms with Gasteiger partial charge in [0.2, 0.25) is 0 Å². The molecule has 0 fully saturated rings. The van der Waals surface area contributed by atoms with Gasteiger partial charge in [-0.15, -0.1) is 22.7 Å². The summed E-state index contributed by atoms with van der Waals surface area (Å²) in [5.41, 5.74) is 18.7. The van der Waals surface area contributed by atoms with Crippen molar-refractivity contribution >= 4 is 168 Å². The fourth-order valence-electron chi connectivity index (χ4n) is 14.6. The van der Waals surface area contributed by atoms with Crippen LogP contribution in [0.4, 0.5) is 34.1 Å². The molecule has 0 saturated carbocycles. The van der Waals surface area contributed by atoms with Crippen LogP contribution in [0.3, 0.4) is 0 Å². The largest absolute Gasteiger partial charge is 0.456 e. The second-order valence-corrected chi connectivity index (χ2v) is 32.7. The maximum absolute atomic E-state index is 7.12. The van der Waals surface area contributed by atoms with Crippen LogP contribution in [0.2, 0.25) is 0 Å². The van der Waals surface area contributed by atoms with E-state index in [2.05, 4.69) is 312 Å². The molecule has 0 aliphatic heterocycles. The van der Waals surface area contributed by atoms with Crippen LogP contribution in [0.5, 0.6) is 0 Å². The molecule has 0 N–H and O–H groups in total. The van der Waals surface area contributed by atoms with Gasteiger partial charge in [-0.2, -0.15) is 0 Å². The molecule has 16 aromatic rings. The molecule has 0 spiro atoms. The SMILES string of the molecule is CC(C)(C)c1cccc(N(c2ccc3c(c2)oc2cc4ccc5c6ccc(N(c7cccc(C(C)(C)C)c7)c7cccc8c7sc7c(C(C)(C)C)cccc78)c7c8cc(C(C)(C)C)ccc8n(c5c4cc23)c67)c2cccc3c2sc2c(C(C)(C)C)cccc23)c1. The predicted molar refractivity (Wildman–Crippen MR) is 395 cm³/mol. The van der Waals surface area contributed by atoms with Gasteiger partial charge in [0.15, 0.2) is 0 Å². The molecule has 5 heterocycles. The van der Waals surface area contributed by atoms with Gasteiger partial charge in [0.05, 0.1) is 43.0 Å². The summed E-state index contributed by atoms with van der Waals surface area (Å²) < 4.78 is 15.0. The van der Waals surface area contributed by atoms with E-state index in [1.165, 1.54) is 123 Å². The summed E-state index contributed by atoms with van der Waals surface area (Å²) in [6, 6.07) is 74.4. The molecule has 6 heteroatoms. The average molecular weight is 1210 g/mol. The van der Waals surface area contributed by atoms with Crippen LogP contribution in [0.15, 0.2) is 199 Å². The van der Waals surface area contributed by atoms with Crippen molar-refractivity contribution in [2.24, 2.45) is 0 Å². The van der Waals surface area contributed by atoms with E-state index in [1.54, 1.807) is 0 Å². The minimum Gasteiger partial charge on any atom is -0.456 e. The summed E-state index contributed by atoms with van der Waals surface area (Å²) in [6.45, 7) is 34.9. The summed E-state index contributed by atoms with van der Waals surface area (Å²) in [5, 5.41) is 14.8. The second kappa shape index (κ2) is 19.4. The Bertz CT molecular complexity index is 5650. The molecule has 5 aromatic heterocycles. The summed E-state index contributed by atoms with van der Waals surface area (Å²) in [6.07, 6.45) is 0. The molecule has 4 nitrogen and oxygen atoms in total. The molecule has 446 valence electrons. The normalized spacial score (nSPS) is 13.3. The van der Waals surface area contributed by atoms with Crippen molar-refractivity contribution in [1.29, 1.82) is 0 Å². The lowest BCUT2D eigenvalue weighted by atomic mass is 9.86. The number of hydrogen-bond donors (Lipinski definition) is 0. The van der Waals surface area contributed by atoms with Crippen molar-refractivity contribution in [1.82, 2.24) is 4.40 Å². The highest BCUT2D eigenvalue weighted by Crippen LogP contribution is 2.54. The summed E-state index contributed by atoms with van der Waals surface area (Å²) in [5.74, 6) is 0. The van der Waals surface area contributed by atoms with E-state index in [1.807, 2.05) is 22.7 Å². The van der Waals surface area contributed by atoms with Crippen LogP contribution in [0.25, 0.3) is 111 Å². The van der Waals surface area contributed by atoms with E-state index in [9.17, 15) is 0 Å². The van der Waals surface area contributed by atoms with Crippen LogP contribution < -0.4 is 9.80 Å². The Morgan fingerprint density at radius 2 is 0.789 bits per heavy atom. The fourth-order valence-corrected chi connectivity index (χ4v) is 17.7. The van der Waals surface area contributed by atoms with Crippen molar-refractivity contribution in [3.05, 3.63) is 222 Å². The molecule has 0 saturated heterocycles. The Morgan fingerprint density at radius 3 is 1.37 bits per heavy atom. The standard InChI is InChI=1S/C84H77N3OS2/c1-80(2,3)49-22-16-24-52(43-49)85(69-32-20-28-60-58-26-18-30-65(83(10,11)12)76(58)89-78(60)69)54-36-38-55-63-47-62-48(42-71(63)88-72(55)46-54)34-37-56-57-39-41-68(73-64-45-51(82(7,8)9)35-40-67(64)87(74(56)62)75(57)73)86(53-25-17-23-50(44-53)81(4,5)6)70-33-21-29-61-59-27-19-31-66(84(13,14)15)77(59)90-79(61)70/h16-47H,1-15H3. The third-order valence-corrected chi connectivity index (χ3v) is 21.9. The number of aromatic nitrogens is 1. The van der Waals surface area contributed by atoms with Gasteiger partial charge in [-0.25, -0.2) is 0 Å². The molecule has 0 bridgehead atoms. The van der Waals surface area contributed by atoms with E-state index in [4.69, 9.17) is 4.42 Å². The number of nitrogens with zero attached hydrogens (tertiary/aromatic N) is 3. The molecular weight excluding hydrogens is 1130 g/mol. The van der Waals surface area contributed by atoms with Gasteiger partial charge in [-0.05, 0) is 139 Å². The number of benzene rings is 11. The van der Waals surface area contributed by atoms with Crippen molar-refractivity contribution < 1.29 is 4.42 Å². The van der Waals surface area contributed by atoms with E-state index < -0.39 is 0 Å². The Labute approximate surface area is 535 Å². The van der Waals surface area contributed by atoms with Crippen molar-refractivity contribution in [2.45, 2.75) is 131 Å². The maximum Gasteiger partial charge on any atom is 0.137 e.